The maximum atomic E-state index is 10.8. The van der Waals surface area contributed by atoms with Crippen molar-refractivity contribution in [3.63, 3.8) is 0 Å². The lowest BCUT2D eigenvalue weighted by Gasteiger charge is -2.12. The Bertz CT molecular complexity index is 950. The molecule has 0 unspecified atom stereocenters. The Balaban J connectivity index is 1.57. The molecule has 0 aliphatic rings. The van der Waals surface area contributed by atoms with Crippen LogP contribution in [-0.4, -0.2) is 28.2 Å². The number of hydrogen-bond acceptors (Lipinski definition) is 5. The molecule has 0 amide bonds. The van der Waals surface area contributed by atoms with Gasteiger partial charge in [0.25, 0.3) is 5.69 Å². The van der Waals surface area contributed by atoms with Gasteiger partial charge in [-0.1, -0.05) is 36.4 Å². The van der Waals surface area contributed by atoms with E-state index < -0.39 is 4.92 Å². The van der Waals surface area contributed by atoms with Crippen LogP contribution in [0.1, 0.15) is 11.3 Å². The second kappa shape index (κ2) is 11.6. The first kappa shape index (κ1) is 21.3. The highest BCUT2D eigenvalue weighted by molar-refractivity contribution is 7.99. The van der Waals surface area contributed by atoms with Crippen LogP contribution in [0.5, 0.6) is 0 Å². The largest absolute Gasteiger partial charge is 0.356 e. The summed E-state index contributed by atoms with van der Waals surface area (Å²) in [6.07, 6.45) is 1.76. The highest BCUT2D eigenvalue weighted by atomic mass is 32.2. The van der Waals surface area contributed by atoms with Crippen molar-refractivity contribution in [2.24, 2.45) is 4.99 Å². The number of benzene rings is 2. The van der Waals surface area contributed by atoms with E-state index in [4.69, 9.17) is 0 Å². The predicted molar refractivity (Wildman–Crippen MR) is 120 cm³/mol. The second-order valence-corrected chi connectivity index (χ2v) is 7.52. The number of non-ortho nitro benzene ring substituents is 1. The van der Waals surface area contributed by atoms with Crippen LogP contribution in [0.15, 0.2) is 88.9 Å². The number of nitrogens with zero attached hydrogens (tertiary/aromatic N) is 3. The minimum Gasteiger partial charge on any atom is -0.356 e. The van der Waals surface area contributed by atoms with Crippen molar-refractivity contribution in [1.82, 2.24) is 15.6 Å². The number of nitro benzene ring substituents is 1. The lowest BCUT2D eigenvalue weighted by molar-refractivity contribution is -0.384. The summed E-state index contributed by atoms with van der Waals surface area (Å²) in [4.78, 5) is 20.6. The van der Waals surface area contributed by atoms with Gasteiger partial charge in [0.2, 0.25) is 0 Å². The summed E-state index contributed by atoms with van der Waals surface area (Å²) >= 11 is 1.77. The first-order valence-corrected chi connectivity index (χ1v) is 10.5. The molecule has 2 aromatic carbocycles. The molecule has 3 aromatic rings. The molecule has 0 bridgehead atoms. The zero-order valence-corrected chi connectivity index (χ0v) is 17.2. The van der Waals surface area contributed by atoms with Gasteiger partial charge in [-0.3, -0.25) is 15.1 Å². The maximum Gasteiger partial charge on any atom is 0.269 e. The van der Waals surface area contributed by atoms with E-state index in [1.807, 2.05) is 36.4 Å². The van der Waals surface area contributed by atoms with Crippen LogP contribution in [0.4, 0.5) is 5.69 Å². The van der Waals surface area contributed by atoms with Gasteiger partial charge in [0.1, 0.15) is 0 Å². The molecule has 0 saturated heterocycles. The molecule has 8 heteroatoms. The van der Waals surface area contributed by atoms with Crippen LogP contribution >= 0.6 is 11.8 Å². The smallest absolute Gasteiger partial charge is 0.269 e. The van der Waals surface area contributed by atoms with E-state index >= 15 is 0 Å². The van der Waals surface area contributed by atoms with Crippen molar-refractivity contribution < 1.29 is 4.92 Å². The van der Waals surface area contributed by atoms with E-state index in [0.29, 0.717) is 19.0 Å². The van der Waals surface area contributed by atoms with Gasteiger partial charge in [-0.15, -0.1) is 11.8 Å². The monoisotopic (exact) mass is 421 g/mol. The minimum atomic E-state index is -0.404. The van der Waals surface area contributed by atoms with Crippen molar-refractivity contribution in [1.29, 1.82) is 0 Å². The van der Waals surface area contributed by atoms with Crippen LogP contribution in [-0.2, 0) is 13.1 Å². The van der Waals surface area contributed by atoms with Gasteiger partial charge in [-0.05, 0) is 29.8 Å². The number of hydrogen-bond donors (Lipinski definition) is 2. The van der Waals surface area contributed by atoms with Crippen molar-refractivity contribution in [3.05, 3.63) is 100 Å². The molecule has 1 aromatic heterocycles. The van der Waals surface area contributed by atoms with Crippen LogP contribution in [0.25, 0.3) is 0 Å². The molecule has 3 rings (SSSR count). The average molecular weight is 422 g/mol. The molecule has 0 atom stereocenters. The molecular formula is C22H23N5O2S. The summed E-state index contributed by atoms with van der Waals surface area (Å²) in [5.74, 6) is 1.57. The van der Waals surface area contributed by atoms with E-state index in [9.17, 15) is 10.1 Å². The van der Waals surface area contributed by atoms with Gasteiger partial charge in [-0.2, -0.15) is 0 Å². The number of pyridine rings is 1. The summed E-state index contributed by atoms with van der Waals surface area (Å²) in [5, 5.41) is 17.4. The van der Waals surface area contributed by atoms with Gasteiger partial charge in [0.15, 0.2) is 5.96 Å². The summed E-state index contributed by atoms with van der Waals surface area (Å²) in [5.41, 5.74) is 1.89. The molecule has 0 fully saturated rings. The number of guanidine groups is 1. The molecule has 0 spiro atoms. The summed E-state index contributed by atoms with van der Waals surface area (Å²) in [6, 6.07) is 22.5. The molecule has 30 heavy (non-hydrogen) atoms. The third-order valence-corrected chi connectivity index (χ3v) is 5.15. The SMILES string of the molecule is O=[N+]([O-])c1ccc(CN=C(NCCSc2ccccc2)NCc2ccccn2)cc1. The lowest BCUT2D eigenvalue weighted by atomic mass is 10.2. The van der Waals surface area contributed by atoms with Crippen molar-refractivity contribution >= 4 is 23.4 Å². The maximum absolute atomic E-state index is 10.8. The number of thioether (sulfide) groups is 1. The Hall–Kier alpha value is -3.39. The number of aliphatic imine (C=N–C) groups is 1. The van der Waals surface area contributed by atoms with Gasteiger partial charge >= 0.3 is 0 Å². The average Bonchev–Trinajstić information content (AvgIpc) is 2.79. The quantitative estimate of drug-likeness (QED) is 0.135. The third-order valence-electron chi connectivity index (χ3n) is 4.14. The fraction of sp³-hybridized carbons (Fsp3) is 0.182. The van der Waals surface area contributed by atoms with Crippen molar-refractivity contribution in [2.75, 3.05) is 12.3 Å². The Morgan fingerprint density at radius 3 is 2.47 bits per heavy atom. The number of nitro groups is 1. The molecule has 2 N–H and O–H groups in total. The highest BCUT2D eigenvalue weighted by Gasteiger charge is 2.05. The fourth-order valence-electron chi connectivity index (χ4n) is 2.60. The highest BCUT2D eigenvalue weighted by Crippen LogP contribution is 2.16. The van der Waals surface area contributed by atoms with Gasteiger partial charge in [-0.25, -0.2) is 4.99 Å². The molecule has 0 aliphatic heterocycles. The van der Waals surface area contributed by atoms with E-state index in [0.717, 1.165) is 23.6 Å². The van der Waals surface area contributed by atoms with E-state index in [2.05, 4.69) is 32.7 Å². The Kier molecular flexibility index (Phi) is 8.23. The normalized spacial score (nSPS) is 11.1. The molecule has 1 heterocycles. The lowest BCUT2D eigenvalue weighted by Crippen LogP contribution is -2.38. The van der Waals surface area contributed by atoms with Gasteiger partial charge < -0.3 is 10.6 Å². The van der Waals surface area contributed by atoms with Crippen molar-refractivity contribution in [3.8, 4) is 0 Å². The van der Waals surface area contributed by atoms with Crippen LogP contribution in [0.2, 0.25) is 0 Å². The van der Waals surface area contributed by atoms with E-state index in [1.54, 1.807) is 30.1 Å². The molecule has 0 aliphatic carbocycles. The number of rotatable bonds is 9. The van der Waals surface area contributed by atoms with Gasteiger partial charge in [0.05, 0.1) is 23.7 Å². The van der Waals surface area contributed by atoms with Crippen molar-refractivity contribution in [2.45, 2.75) is 18.0 Å². The molecule has 154 valence electrons. The van der Waals surface area contributed by atoms with Crippen LogP contribution in [0.3, 0.4) is 0 Å². The second-order valence-electron chi connectivity index (χ2n) is 6.35. The topological polar surface area (TPSA) is 92.5 Å². The summed E-state index contributed by atoms with van der Waals surface area (Å²) in [6.45, 7) is 1.72. The molecular weight excluding hydrogens is 398 g/mol. The van der Waals surface area contributed by atoms with Crippen LogP contribution < -0.4 is 10.6 Å². The number of aromatic nitrogens is 1. The first-order valence-electron chi connectivity index (χ1n) is 9.54. The Labute approximate surface area is 179 Å². The molecule has 0 saturated carbocycles. The third kappa shape index (κ3) is 7.21. The summed E-state index contributed by atoms with van der Waals surface area (Å²) in [7, 11) is 0. The summed E-state index contributed by atoms with van der Waals surface area (Å²) < 4.78 is 0. The number of nitrogens with one attached hydrogen (secondary N) is 2. The molecule has 0 radical (unpaired) electrons. The minimum absolute atomic E-state index is 0.0762. The van der Waals surface area contributed by atoms with E-state index in [1.165, 1.54) is 17.0 Å². The Morgan fingerprint density at radius 2 is 1.77 bits per heavy atom. The zero-order chi connectivity index (χ0) is 21.0. The van der Waals surface area contributed by atoms with Gasteiger partial charge in [0, 0.05) is 35.5 Å². The molecule has 7 nitrogen and oxygen atoms in total. The van der Waals surface area contributed by atoms with E-state index in [-0.39, 0.29) is 5.69 Å². The predicted octanol–water partition coefficient (Wildman–Crippen LogP) is 4.02. The van der Waals surface area contributed by atoms with Crippen LogP contribution in [0, 0.1) is 10.1 Å². The first-order chi connectivity index (χ1) is 14.7. The zero-order valence-electron chi connectivity index (χ0n) is 16.4. The Morgan fingerprint density at radius 1 is 1.00 bits per heavy atom. The standard InChI is InChI=1S/C22H23N5O2S/c28-27(29)20-11-9-18(10-12-20)16-25-22(26-17-19-6-4-5-13-23-19)24-14-15-30-21-7-2-1-3-8-21/h1-13H,14-17H2,(H2,24,25,26). The fourth-order valence-corrected chi connectivity index (χ4v) is 3.39.